The second-order valence-corrected chi connectivity index (χ2v) is 8.02. The molecule has 0 saturated carbocycles. The Kier molecular flexibility index (Phi) is 5.01. The van der Waals surface area contributed by atoms with Crippen molar-refractivity contribution in [1.82, 2.24) is 0 Å². The van der Waals surface area contributed by atoms with Gasteiger partial charge in [-0.05, 0) is 36.6 Å². The van der Waals surface area contributed by atoms with Crippen LogP contribution < -0.4 is 4.90 Å². The SMILES string of the molecule is CC1(C)CN(CCCCCC(=O)O)c2ccc(S(=O)(=O)[O-])cc21. The summed E-state index contributed by atoms with van der Waals surface area (Å²) in [5.74, 6) is -0.774. The maximum atomic E-state index is 11.2. The zero-order valence-corrected chi connectivity index (χ0v) is 14.2. The Bertz CT molecular complexity index is 696. The van der Waals surface area contributed by atoms with E-state index in [-0.39, 0.29) is 16.7 Å². The van der Waals surface area contributed by atoms with E-state index in [0.29, 0.717) is 6.42 Å². The monoisotopic (exact) mass is 340 g/mol. The van der Waals surface area contributed by atoms with E-state index in [2.05, 4.69) is 4.90 Å². The number of carboxylic acid groups (broad SMARTS) is 1. The average Bonchev–Trinajstić information content (AvgIpc) is 2.68. The predicted octanol–water partition coefficient (Wildman–Crippen LogP) is 2.33. The van der Waals surface area contributed by atoms with Crippen LogP contribution in [0.15, 0.2) is 23.1 Å². The van der Waals surface area contributed by atoms with E-state index >= 15 is 0 Å². The van der Waals surface area contributed by atoms with Gasteiger partial charge in [-0.25, -0.2) is 8.42 Å². The van der Waals surface area contributed by atoms with Gasteiger partial charge in [-0.3, -0.25) is 4.79 Å². The van der Waals surface area contributed by atoms with E-state index < -0.39 is 16.1 Å². The third kappa shape index (κ3) is 4.23. The van der Waals surface area contributed by atoms with Crippen LogP contribution in [0.25, 0.3) is 0 Å². The average molecular weight is 340 g/mol. The van der Waals surface area contributed by atoms with Gasteiger partial charge >= 0.3 is 5.97 Å². The first-order chi connectivity index (χ1) is 10.6. The van der Waals surface area contributed by atoms with E-state index in [0.717, 1.165) is 37.2 Å². The first-order valence-electron chi connectivity index (χ1n) is 7.68. The lowest BCUT2D eigenvalue weighted by Crippen LogP contribution is -2.29. The molecule has 0 bridgehead atoms. The number of nitrogens with zero attached hydrogens (tertiary/aromatic N) is 1. The Hall–Kier alpha value is -1.60. The molecule has 1 aromatic rings. The number of anilines is 1. The van der Waals surface area contributed by atoms with Gasteiger partial charge in [0.05, 0.1) is 4.90 Å². The summed E-state index contributed by atoms with van der Waals surface area (Å²) in [6.07, 6.45) is 2.57. The molecule has 1 heterocycles. The lowest BCUT2D eigenvalue weighted by Gasteiger charge is -2.22. The number of carbonyl (C=O) groups is 1. The molecule has 1 aromatic carbocycles. The number of benzene rings is 1. The van der Waals surface area contributed by atoms with Crippen LogP contribution in [0.5, 0.6) is 0 Å². The molecule has 7 heteroatoms. The van der Waals surface area contributed by atoms with Crippen molar-refractivity contribution in [2.75, 3.05) is 18.0 Å². The van der Waals surface area contributed by atoms with Crippen LogP contribution in [-0.4, -0.2) is 37.1 Å². The van der Waals surface area contributed by atoms with Crippen molar-refractivity contribution in [2.45, 2.75) is 49.8 Å². The highest BCUT2D eigenvalue weighted by Gasteiger charge is 2.35. The van der Waals surface area contributed by atoms with Crippen molar-refractivity contribution in [3.63, 3.8) is 0 Å². The number of aliphatic carboxylic acids is 1. The summed E-state index contributed by atoms with van der Waals surface area (Å²) >= 11 is 0. The van der Waals surface area contributed by atoms with Crippen molar-refractivity contribution in [3.05, 3.63) is 23.8 Å². The fourth-order valence-electron chi connectivity index (χ4n) is 3.09. The molecule has 0 unspecified atom stereocenters. The molecule has 0 aromatic heterocycles. The van der Waals surface area contributed by atoms with E-state index in [1.165, 1.54) is 12.1 Å². The number of hydrogen-bond acceptors (Lipinski definition) is 5. The molecule has 0 amide bonds. The smallest absolute Gasteiger partial charge is 0.303 e. The zero-order valence-electron chi connectivity index (χ0n) is 13.4. The van der Waals surface area contributed by atoms with Crippen LogP contribution in [0.4, 0.5) is 5.69 Å². The molecule has 128 valence electrons. The van der Waals surface area contributed by atoms with Gasteiger partial charge in [-0.1, -0.05) is 20.3 Å². The molecule has 1 N–H and O–H groups in total. The highest BCUT2D eigenvalue weighted by atomic mass is 32.2. The summed E-state index contributed by atoms with van der Waals surface area (Å²) in [5, 5.41) is 8.63. The summed E-state index contributed by atoms with van der Waals surface area (Å²) in [4.78, 5) is 12.5. The van der Waals surface area contributed by atoms with Crippen LogP contribution >= 0.6 is 0 Å². The van der Waals surface area contributed by atoms with Gasteiger partial charge in [0.15, 0.2) is 0 Å². The van der Waals surface area contributed by atoms with Crippen molar-refractivity contribution < 1.29 is 22.9 Å². The largest absolute Gasteiger partial charge is 0.744 e. The normalized spacial score (nSPS) is 16.4. The van der Waals surface area contributed by atoms with E-state index in [4.69, 9.17) is 5.11 Å². The fraction of sp³-hybridized carbons (Fsp3) is 0.562. The van der Waals surface area contributed by atoms with Gasteiger partial charge < -0.3 is 14.6 Å². The van der Waals surface area contributed by atoms with E-state index in [1.54, 1.807) is 6.07 Å². The summed E-state index contributed by atoms with van der Waals surface area (Å²) < 4.78 is 33.6. The Morgan fingerprint density at radius 2 is 2.00 bits per heavy atom. The summed E-state index contributed by atoms with van der Waals surface area (Å²) in [6, 6.07) is 4.55. The first-order valence-corrected chi connectivity index (χ1v) is 9.09. The van der Waals surface area contributed by atoms with Crippen LogP contribution in [0.1, 0.15) is 45.1 Å². The maximum Gasteiger partial charge on any atom is 0.303 e. The highest BCUT2D eigenvalue weighted by molar-refractivity contribution is 7.85. The maximum absolute atomic E-state index is 11.2. The minimum Gasteiger partial charge on any atom is -0.744 e. The Morgan fingerprint density at radius 1 is 1.30 bits per heavy atom. The molecule has 1 aliphatic rings. The van der Waals surface area contributed by atoms with Crippen molar-refractivity contribution in [1.29, 1.82) is 0 Å². The quantitative estimate of drug-likeness (QED) is 0.604. The number of hydrogen-bond donors (Lipinski definition) is 1. The van der Waals surface area contributed by atoms with Gasteiger partial charge in [0.1, 0.15) is 10.1 Å². The van der Waals surface area contributed by atoms with Crippen LogP contribution in [0, 0.1) is 0 Å². The molecular weight excluding hydrogens is 318 g/mol. The van der Waals surface area contributed by atoms with Crippen LogP contribution in [-0.2, 0) is 20.3 Å². The van der Waals surface area contributed by atoms with Crippen LogP contribution in [0.2, 0.25) is 0 Å². The van der Waals surface area contributed by atoms with Gasteiger partial charge in [-0.15, -0.1) is 0 Å². The number of unbranched alkanes of at least 4 members (excludes halogenated alkanes) is 2. The van der Waals surface area contributed by atoms with Crippen molar-refractivity contribution >= 4 is 21.8 Å². The molecule has 0 fully saturated rings. The predicted molar refractivity (Wildman–Crippen MR) is 85.7 cm³/mol. The van der Waals surface area contributed by atoms with E-state index in [9.17, 15) is 17.8 Å². The third-order valence-corrected chi connectivity index (χ3v) is 5.06. The second-order valence-electron chi connectivity index (χ2n) is 6.64. The topological polar surface area (TPSA) is 97.7 Å². The Morgan fingerprint density at radius 3 is 2.61 bits per heavy atom. The molecule has 0 atom stereocenters. The second kappa shape index (κ2) is 6.49. The standard InChI is InChI=1S/C16H23NO5S/c1-16(2)11-17(9-5-3-4-6-15(18)19)14-8-7-12(10-13(14)16)23(20,21)22/h7-8,10H,3-6,9,11H2,1-2H3,(H,18,19)(H,20,21,22)/p-1. The molecule has 0 aliphatic carbocycles. The third-order valence-electron chi connectivity index (χ3n) is 4.23. The Balaban J connectivity index is 2.09. The fourth-order valence-corrected chi connectivity index (χ4v) is 3.59. The molecule has 1 aliphatic heterocycles. The van der Waals surface area contributed by atoms with Gasteiger partial charge in [0.25, 0.3) is 0 Å². The minimum atomic E-state index is -4.45. The zero-order chi connectivity index (χ0) is 17.3. The summed E-state index contributed by atoms with van der Waals surface area (Å²) in [7, 11) is -4.45. The minimum absolute atomic E-state index is 0.187. The molecule has 6 nitrogen and oxygen atoms in total. The lowest BCUT2D eigenvalue weighted by atomic mass is 9.87. The van der Waals surface area contributed by atoms with Crippen molar-refractivity contribution in [3.8, 4) is 0 Å². The molecule has 2 rings (SSSR count). The number of fused-ring (bicyclic) bond motifs is 1. The number of carboxylic acids is 1. The molecular formula is C16H22NO5S-. The van der Waals surface area contributed by atoms with Crippen LogP contribution in [0.3, 0.4) is 0 Å². The molecule has 23 heavy (non-hydrogen) atoms. The van der Waals surface area contributed by atoms with Gasteiger partial charge in [-0.2, -0.15) is 0 Å². The Labute approximate surface area is 136 Å². The van der Waals surface area contributed by atoms with Crippen molar-refractivity contribution in [2.24, 2.45) is 0 Å². The van der Waals surface area contributed by atoms with Gasteiger partial charge in [0.2, 0.25) is 0 Å². The molecule has 0 saturated heterocycles. The first kappa shape index (κ1) is 17.7. The molecule has 0 radical (unpaired) electrons. The van der Waals surface area contributed by atoms with Gasteiger partial charge in [0, 0.05) is 30.6 Å². The summed E-state index contributed by atoms with van der Waals surface area (Å²) in [6.45, 7) is 5.60. The number of rotatable bonds is 7. The van der Waals surface area contributed by atoms with E-state index in [1.807, 2.05) is 13.8 Å². The molecule has 0 spiro atoms. The highest BCUT2D eigenvalue weighted by Crippen LogP contribution is 2.41. The summed E-state index contributed by atoms with van der Waals surface area (Å²) in [5.41, 5.74) is 1.61. The lowest BCUT2D eigenvalue weighted by molar-refractivity contribution is -0.137.